The van der Waals surface area contributed by atoms with Gasteiger partial charge in [0.25, 0.3) is 0 Å². The molecule has 0 aromatic carbocycles. The molecule has 0 radical (unpaired) electrons. The van der Waals surface area contributed by atoms with Gasteiger partial charge in [-0.3, -0.25) is 19.2 Å². The number of thioether (sulfide) groups is 2. The Morgan fingerprint density at radius 2 is 0.794 bits per heavy atom. The van der Waals surface area contributed by atoms with Crippen molar-refractivity contribution < 1.29 is 38.1 Å². The Morgan fingerprint density at radius 3 is 1.09 bits per heavy atom. The third-order valence-corrected chi connectivity index (χ3v) is 7.91. The van der Waals surface area contributed by atoms with E-state index in [4.69, 9.17) is 18.9 Å². The molecule has 0 aliphatic heterocycles. The van der Waals surface area contributed by atoms with Crippen LogP contribution in [-0.2, 0) is 38.1 Å². The van der Waals surface area contributed by atoms with Gasteiger partial charge in [-0.05, 0) is 38.2 Å². The number of methoxy groups -OCH3 is 4. The second-order valence-electron chi connectivity index (χ2n) is 7.47. The van der Waals surface area contributed by atoms with Gasteiger partial charge in [0.05, 0.1) is 38.2 Å². The third kappa shape index (κ3) is 5.78. The molecule has 0 aromatic heterocycles. The molecular weight excluding hydrogens is 480 g/mol. The van der Waals surface area contributed by atoms with Gasteiger partial charge in [0.15, 0.2) is 0 Å². The van der Waals surface area contributed by atoms with Crippen LogP contribution in [0.2, 0.25) is 0 Å². The first-order valence-electron chi connectivity index (χ1n) is 10.8. The number of carbonyl (C=O) groups is 4. The maximum absolute atomic E-state index is 12.6. The lowest BCUT2D eigenvalue weighted by Crippen LogP contribution is -2.24. The zero-order valence-electron chi connectivity index (χ0n) is 20.3. The highest BCUT2D eigenvalue weighted by Crippen LogP contribution is 2.34. The first-order chi connectivity index (χ1) is 16.2. The molecule has 0 saturated heterocycles. The molecule has 8 nitrogen and oxygen atoms in total. The molecule has 0 spiro atoms. The molecular formula is C24H30O8S2. The van der Waals surface area contributed by atoms with Crippen LogP contribution in [0, 0.1) is 0 Å². The van der Waals surface area contributed by atoms with E-state index < -0.39 is 0 Å². The molecule has 0 heterocycles. The van der Waals surface area contributed by atoms with Crippen LogP contribution in [0.3, 0.4) is 0 Å². The van der Waals surface area contributed by atoms with Crippen LogP contribution in [0.1, 0.15) is 39.5 Å². The van der Waals surface area contributed by atoms with Crippen molar-refractivity contribution in [3.63, 3.8) is 0 Å². The number of rotatable bonds is 13. The average molecular weight is 511 g/mol. The number of Topliss-reactive ketones (excluding diaryl/α,β-unsaturated/α-hetero) is 4. The van der Waals surface area contributed by atoms with E-state index in [1.54, 1.807) is 13.8 Å². The van der Waals surface area contributed by atoms with Crippen molar-refractivity contribution >= 4 is 46.7 Å². The zero-order valence-corrected chi connectivity index (χ0v) is 22.0. The standard InChI is InChI=1S/C24H30O8S2/c1-13-15(25)19(29-3)21(31-5)17(27)23(13)33-11-9-7-8-10-12-34-24-14(2)16(26)20(30-4)22(32-6)18(24)28/h7-12H2,1-6H3. The monoisotopic (exact) mass is 510 g/mol. The average Bonchev–Trinajstić information content (AvgIpc) is 2.83. The molecule has 0 saturated carbocycles. The van der Waals surface area contributed by atoms with E-state index in [9.17, 15) is 19.2 Å². The summed E-state index contributed by atoms with van der Waals surface area (Å²) in [5.74, 6) is -0.142. The van der Waals surface area contributed by atoms with Crippen LogP contribution in [0.5, 0.6) is 0 Å². The van der Waals surface area contributed by atoms with Crippen molar-refractivity contribution in [1.82, 2.24) is 0 Å². The molecule has 2 rings (SSSR count). The Hall–Kier alpha value is -2.46. The molecule has 0 bridgehead atoms. The third-order valence-electron chi connectivity index (χ3n) is 5.36. The lowest BCUT2D eigenvalue weighted by molar-refractivity contribution is -0.120. The molecule has 0 unspecified atom stereocenters. The molecule has 0 amide bonds. The highest BCUT2D eigenvalue weighted by atomic mass is 32.2. The van der Waals surface area contributed by atoms with Gasteiger partial charge in [-0.25, -0.2) is 0 Å². The molecule has 0 aromatic rings. The summed E-state index contributed by atoms with van der Waals surface area (Å²) in [7, 11) is 5.37. The lowest BCUT2D eigenvalue weighted by Gasteiger charge is -2.20. The number of ether oxygens (including phenoxy) is 4. The van der Waals surface area contributed by atoms with Crippen molar-refractivity contribution in [1.29, 1.82) is 0 Å². The van der Waals surface area contributed by atoms with Gasteiger partial charge in [-0.2, -0.15) is 0 Å². The van der Waals surface area contributed by atoms with Crippen LogP contribution in [0.4, 0.5) is 0 Å². The highest BCUT2D eigenvalue weighted by Gasteiger charge is 2.36. The fourth-order valence-electron chi connectivity index (χ4n) is 3.50. The van der Waals surface area contributed by atoms with Gasteiger partial charge in [0, 0.05) is 11.1 Å². The van der Waals surface area contributed by atoms with E-state index >= 15 is 0 Å². The topological polar surface area (TPSA) is 105 Å². The lowest BCUT2D eigenvalue weighted by atomic mass is 10.0. The van der Waals surface area contributed by atoms with Crippen LogP contribution >= 0.6 is 23.5 Å². The summed E-state index contributed by atoms with van der Waals surface area (Å²) >= 11 is 2.71. The van der Waals surface area contributed by atoms with Crippen LogP contribution in [0.15, 0.2) is 44.0 Å². The Morgan fingerprint density at radius 1 is 0.500 bits per heavy atom. The molecule has 2 aliphatic carbocycles. The Labute approximate surface area is 208 Å². The summed E-state index contributed by atoms with van der Waals surface area (Å²) < 4.78 is 20.3. The van der Waals surface area contributed by atoms with Gasteiger partial charge >= 0.3 is 0 Å². The van der Waals surface area contributed by atoms with Crippen molar-refractivity contribution in [2.24, 2.45) is 0 Å². The number of carbonyl (C=O) groups excluding carboxylic acids is 4. The fourth-order valence-corrected chi connectivity index (χ4v) is 5.67. The number of hydrogen-bond donors (Lipinski definition) is 0. The maximum Gasteiger partial charge on any atom is 0.238 e. The predicted octanol–water partition coefficient (Wildman–Crippen LogP) is 3.87. The molecule has 34 heavy (non-hydrogen) atoms. The molecule has 0 N–H and O–H groups in total. The second kappa shape index (κ2) is 12.9. The number of hydrogen-bond acceptors (Lipinski definition) is 10. The van der Waals surface area contributed by atoms with E-state index in [0.29, 0.717) is 32.5 Å². The van der Waals surface area contributed by atoms with Crippen molar-refractivity contribution in [3.8, 4) is 0 Å². The second-order valence-corrected chi connectivity index (χ2v) is 9.68. The summed E-state index contributed by atoms with van der Waals surface area (Å²) in [6, 6.07) is 0. The Kier molecular flexibility index (Phi) is 10.5. The first kappa shape index (κ1) is 27.8. The minimum Gasteiger partial charge on any atom is -0.489 e. The summed E-state index contributed by atoms with van der Waals surface area (Å²) in [6.45, 7) is 3.25. The Bertz CT molecular complexity index is 920. The predicted molar refractivity (Wildman–Crippen MR) is 131 cm³/mol. The number of allylic oxidation sites excluding steroid dienone is 4. The number of unbranched alkanes of at least 4 members (excludes halogenated alkanes) is 3. The van der Waals surface area contributed by atoms with Gasteiger partial charge in [-0.1, -0.05) is 12.8 Å². The molecule has 186 valence electrons. The minimum atomic E-state index is -0.331. The van der Waals surface area contributed by atoms with Gasteiger partial charge in [-0.15, -0.1) is 23.5 Å². The maximum atomic E-state index is 12.6. The van der Waals surface area contributed by atoms with E-state index in [1.807, 2.05) is 0 Å². The van der Waals surface area contributed by atoms with Crippen molar-refractivity contribution in [2.45, 2.75) is 39.5 Å². The molecule has 0 atom stereocenters. The SMILES string of the molecule is COC1=C(OC)C(=O)C(SCCCCCCSC2=C(C)C(=O)C(OC)=C(OC)C2=O)=C(C)C1=O. The normalized spacial score (nSPS) is 17.2. The van der Waals surface area contributed by atoms with Crippen molar-refractivity contribution in [2.75, 3.05) is 39.9 Å². The van der Waals surface area contributed by atoms with E-state index in [2.05, 4.69) is 0 Å². The quantitative estimate of drug-likeness (QED) is 0.268. The van der Waals surface area contributed by atoms with E-state index in [-0.39, 0.29) is 46.2 Å². The van der Waals surface area contributed by atoms with Crippen LogP contribution < -0.4 is 0 Å². The van der Waals surface area contributed by atoms with E-state index in [0.717, 1.165) is 25.7 Å². The summed E-state index contributed by atoms with van der Waals surface area (Å²) in [6.07, 6.45) is 3.59. The molecule has 10 heteroatoms. The summed E-state index contributed by atoms with van der Waals surface area (Å²) in [5, 5.41) is 0. The van der Waals surface area contributed by atoms with E-state index in [1.165, 1.54) is 52.0 Å². The van der Waals surface area contributed by atoms with Gasteiger partial charge < -0.3 is 18.9 Å². The zero-order chi connectivity index (χ0) is 25.4. The molecule has 2 aliphatic rings. The van der Waals surface area contributed by atoms with Gasteiger partial charge in [0.1, 0.15) is 0 Å². The highest BCUT2D eigenvalue weighted by molar-refractivity contribution is 8.04. The van der Waals surface area contributed by atoms with Crippen LogP contribution in [-0.4, -0.2) is 63.1 Å². The Balaban J connectivity index is 1.78. The number of ketones is 4. The van der Waals surface area contributed by atoms with Crippen LogP contribution in [0.25, 0.3) is 0 Å². The molecule has 0 fully saturated rings. The largest absolute Gasteiger partial charge is 0.489 e. The fraction of sp³-hybridized carbons (Fsp3) is 0.500. The van der Waals surface area contributed by atoms with Crippen molar-refractivity contribution in [3.05, 3.63) is 44.0 Å². The summed E-state index contributed by atoms with van der Waals surface area (Å²) in [4.78, 5) is 50.9. The summed E-state index contributed by atoms with van der Waals surface area (Å²) in [5.41, 5.74) is 0.751. The first-order valence-corrected chi connectivity index (χ1v) is 12.7. The van der Waals surface area contributed by atoms with Gasteiger partial charge in [0.2, 0.25) is 46.2 Å². The minimum absolute atomic E-state index is 0.0536. The smallest absolute Gasteiger partial charge is 0.238 e.